The Kier molecular flexibility index (Phi) is 5.93. The average molecular weight is 445 g/mol. The number of aromatic nitrogens is 2. The van der Waals surface area contributed by atoms with E-state index in [1.807, 2.05) is 71.6 Å². The highest BCUT2D eigenvalue weighted by Gasteiger charge is 2.21. The van der Waals surface area contributed by atoms with Crippen LogP contribution in [0.1, 0.15) is 28.8 Å². The second-order valence-electron chi connectivity index (χ2n) is 8.30. The van der Waals surface area contributed by atoms with Crippen molar-refractivity contribution in [3.63, 3.8) is 0 Å². The average Bonchev–Trinajstić information content (AvgIpc) is 3.26. The van der Waals surface area contributed by atoms with Crippen LogP contribution in [0.15, 0.2) is 79.1 Å². The van der Waals surface area contributed by atoms with Crippen LogP contribution in [0, 0.1) is 0 Å². The van der Waals surface area contributed by atoms with Crippen LogP contribution >= 0.6 is 11.6 Å². The molecule has 0 atom stereocenters. The third kappa shape index (κ3) is 4.54. The summed E-state index contributed by atoms with van der Waals surface area (Å²) in [5.41, 5.74) is 4.95. The first-order chi connectivity index (χ1) is 15.7. The predicted molar refractivity (Wildman–Crippen MR) is 128 cm³/mol. The van der Waals surface area contributed by atoms with Gasteiger partial charge in [0, 0.05) is 41.9 Å². The molecule has 0 saturated carbocycles. The third-order valence-electron chi connectivity index (χ3n) is 6.10. The van der Waals surface area contributed by atoms with Crippen molar-refractivity contribution in [1.82, 2.24) is 19.8 Å². The van der Waals surface area contributed by atoms with Crippen molar-refractivity contribution < 1.29 is 4.79 Å². The van der Waals surface area contributed by atoms with Gasteiger partial charge in [-0.2, -0.15) is 0 Å². The summed E-state index contributed by atoms with van der Waals surface area (Å²) < 4.78 is 2.04. The Bertz CT molecular complexity index is 1210. The van der Waals surface area contributed by atoms with E-state index in [0.717, 1.165) is 54.2 Å². The number of likely N-dealkylation sites (tertiary alicyclic amines) is 1. The van der Waals surface area contributed by atoms with Gasteiger partial charge in [-0.05, 0) is 66.9 Å². The Hall–Kier alpha value is -3.15. The monoisotopic (exact) mass is 444 g/mol. The van der Waals surface area contributed by atoms with Crippen molar-refractivity contribution >= 4 is 28.5 Å². The van der Waals surface area contributed by atoms with E-state index < -0.39 is 0 Å². The summed E-state index contributed by atoms with van der Waals surface area (Å²) in [6.07, 6.45) is 3.73. The Morgan fingerprint density at radius 2 is 1.69 bits per heavy atom. The van der Waals surface area contributed by atoms with Crippen molar-refractivity contribution in [3.05, 3.63) is 95.3 Å². The molecule has 1 fully saturated rings. The Labute approximate surface area is 192 Å². The first-order valence-electron chi connectivity index (χ1n) is 11.0. The van der Waals surface area contributed by atoms with Crippen molar-refractivity contribution in [1.29, 1.82) is 0 Å². The molecular weight excluding hydrogens is 420 g/mol. The largest absolute Gasteiger partial charge is 0.349 e. The molecule has 5 nitrogen and oxygen atoms in total. The molecule has 0 aliphatic carbocycles. The molecule has 1 N–H and O–H groups in total. The van der Waals surface area contributed by atoms with Crippen molar-refractivity contribution in [2.75, 3.05) is 13.1 Å². The van der Waals surface area contributed by atoms with Crippen molar-refractivity contribution in [3.8, 4) is 5.69 Å². The lowest BCUT2D eigenvalue weighted by molar-refractivity contribution is 0.0909. The van der Waals surface area contributed by atoms with Crippen LogP contribution in [-0.2, 0) is 6.54 Å². The first-order valence-corrected chi connectivity index (χ1v) is 11.3. The molecule has 3 aromatic carbocycles. The number of para-hydroxylation sites is 2. The van der Waals surface area contributed by atoms with Crippen LogP contribution in [-0.4, -0.2) is 39.5 Å². The number of benzene rings is 3. The smallest absolute Gasteiger partial charge is 0.251 e. The SMILES string of the molecule is O=C(NC1CCN(Cc2ccc(Cl)cc2)CC1)c1ccc(-n2cnc3ccccc32)cc1. The lowest BCUT2D eigenvalue weighted by atomic mass is 10.0. The fourth-order valence-corrected chi connectivity index (χ4v) is 4.42. The number of rotatable bonds is 5. The minimum Gasteiger partial charge on any atom is -0.349 e. The van der Waals surface area contributed by atoms with E-state index in [4.69, 9.17) is 11.6 Å². The molecule has 0 bridgehead atoms. The second kappa shape index (κ2) is 9.15. The Balaban J connectivity index is 1.16. The zero-order valence-electron chi connectivity index (χ0n) is 17.7. The quantitative estimate of drug-likeness (QED) is 0.467. The van der Waals surface area contributed by atoms with Gasteiger partial charge in [-0.1, -0.05) is 35.9 Å². The number of nitrogens with zero attached hydrogens (tertiary/aromatic N) is 3. The molecule has 1 aromatic heterocycles. The van der Waals surface area contributed by atoms with E-state index in [2.05, 4.69) is 27.3 Å². The van der Waals surface area contributed by atoms with Gasteiger partial charge in [0.1, 0.15) is 6.33 Å². The number of hydrogen-bond acceptors (Lipinski definition) is 3. The maximum atomic E-state index is 12.8. The van der Waals surface area contributed by atoms with Crippen LogP contribution < -0.4 is 5.32 Å². The van der Waals surface area contributed by atoms with Crippen molar-refractivity contribution in [2.45, 2.75) is 25.4 Å². The normalized spacial score (nSPS) is 15.2. The summed E-state index contributed by atoms with van der Waals surface area (Å²) in [7, 11) is 0. The molecule has 1 saturated heterocycles. The topological polar surface area (TPSA) is 50.2 Å². The van der Waals surface area contributed by atoms with Gasteiger partial charge >= 0.3 is 0 Å². The maximum absolute atomic E-state index is 12.8. The molecule has 32 heavy (non-hydrogen) atoms. The molecule has 4 aromatic rings. The molecule has 5 rings (SSSR count). The van der Waals surface area contributed by atoms with E-state index in [-0.39, 0.29) is 11.9 Å². The number of carbonyl (C=O) groups is 1. The Morgan fingerprint density at radius 3 is 2.44 bits per heavy atom. The number of carbonyl (C=O) groups excluding carboxylic acids is 1. The van der Waals surface area contributed by atoms with Crippen molar-refractivity contribution in [2.24, 2.45) is 0 Å². The zero-order chi connectivity index (χ0) is 21.9. The molecule has 1 amide bonds. The van der Waals surface area contributed by atoms with E-state index in [9.17, 15) is 4.79 Å². The summed E-state index contributed by atoms with van der Waals surface area (Å²) in [6, 6.07) is 24.0. The van der Waals surface area contributed by atoms with Crippen LogP contribution in [0.2, 0.25) is 5.02 Å². The molecule has 0 radical (unpaired) electrons. The molecule has 2 heterocycles. The standard InChI is InChI=1S/C26H25ClN4O/c27-21-9-5-19(6-10-21)17-30-15-13-22(14-16-30)29-26(32)20-7-11-23(12-8-20)31-18-28-24-3-1-2-4-25(24)31/h1-12,18,22H,13-17H2,(H,29,32). The minimum absolute atomic E-state index is 0.0109. The molecule has 1 aliphatic rings. The van der Waals surface area contributed by atoms with Crippen LogP contribution in [0.5, 0.6) is 0 Å². The van der Waals surface area contributed by atoms with Gasteiger partial charge in [-0.3, -0.25) is 14.3 Å². The number of piperidine rings is 1. The van der Waals surface area contributed by atoms with Gasteiger partial charge in [0.05, 0.1) is 11.0 Å². The zero-order valence-corrected chi connectivity index (χ0v) is 18.5. The fraction of sp³-hybridized carbons (Fsp3) is 0.231. The number of hydrogen-bond donors (Lipinski definition) is 1. The van der Waals surface area contributed by atoms with E-state index in [1.165, 1.54) is 5.56 Å². The lowest BCUT2D eigenvalue weighted by Crippen LogP contribution is -2.44. The van der Waals surface area contributed by atoms with Gasteiger partial charge in [0.2, 0.25) is 0 Å². The second-order valence-corrected chi connectivity index (χ2v) is 8.74. The molecule has 6 heteroatoms. The van der Waals surface area contributed by atoms with Crippen LogP contribution in [0.3, 0.4) is 0 Å². The highest BCUT2D eigenvalue weighted by molar-refractivity contribution is 6.30. The number of imidazole rings is 1. The molecule has 0 unspecified atom stereocenters. The summed E-state index contributed by atoms with van der Waals surface area (Å²) in [6.45, 7) is 2.86. The summed E-state index contributed by atoms with van der Waals surface area (Å²) in [5, 5.41) is 3.97. The third-order valence-corrected chi connectivity index (χ3v) is 6.36. The highest BCUT2D eigenvalue weighted by Crippen LogP contribution is 2.19. The van der Waals surface area contributed by atoms with Gasteiger partial charge in [0.25, 0.3) is 5.91 Å². The predicted octanol–water partition coefficient (Wildman–Crippen LogP) is 5.07. The number of halogens is 1. The van der Waals surface area contributed by atoms with Gasteiger partial charge in [0.15, 0.2) is 0 Å². The molecular formula is C26H25ClN4O. The molecule has 1 aliphatic heterocycles. The van der Waals surface area contributed by atoms with Gasteiger partial charge in [-0.25, -0.2) is 4.98 Å². The maximum Gasteiger partial charge on any atom is 0.251 e. The number of nitrogens with one attached hydrogen (secondary N) is 1. The lowest BCUT2D eigenvalue weighted by Gasteiger charge is -2.32. The van der Waals surface area contributed by atoms with E-state index in [1.54, 1.807) is 0 Å². The number of fused-ring (bicyclic) bond motifs is 1. The van der Waals surface area contributed by atoms with Crippen LogP contribution in [0.25, 0.3) is 16.7 Å². The summed E-state index contributed by atoms with van der Waals surface area (Å²) >= 11 is 5.97. The minimum atomic E-state index is -0.0109. The van der Waals surface area contributed by atoms with Gasteiger partial charge < -0.3 is 5.32 Å². The summed E-state index contributed by atoms with van der Waals surface area (Å²) in [4.78, 5) is 19.6. The van der Waals surface area contributed by atoms with E-state index in [0.29, 0.717) is 5.56 Å². The summed E-state index contributed by atoms with van der Waals surface area (Å²) in [5.74, 6) is -0.0109. The fourth-order valence-electron chi connectivity index (χ4n) is 4.29. The molecule has 0 spiro atoms. The Morgan fingerprint density at radius 1 is 0.969 bits per heavy atom. The first kappa shape index (κ1) is 20.7. The van der Waals surface area contributed by atoms with Crippen LogP contribution in [0.4, 0.5) is 0 Å². The molecule has 162 valence electrons. The highest BCUT2D eigenvalue weighted by atomic mass is 35.5. The number of amides is 1. The van der Waals surface area contributed by atoms with E-state index >= 15 is 0 Å². The van der Waals surface area contributed by atoms with Gasteiger partial charge in [-0.15, -0.1) is 0 Å².